The predicted molar refractivity (Wildman–Crippen MR) is 53.0 cm³/mol. The first kappa shape index (κ1) is 8.85. The summed E-state index contributed by atoms with van der Waals surface area (Å²) in [6, 6.07) is 3.30. The maximum Gasteiger partial charge on any atom is 0.121 e. The van der Waals surface area contributed by atoms with E-state index in [1.165, 1.54) is 0 Å². The molecule has 0 saturated heterocycles. The third kappa shape index (κ3) is 1.30. The number of phenols is 1. The summed E-state index contributed by atoms with van der Waals surface area (Å²) in [6.07, 6.45) is 1.86. The van der Waals surface area contributed by atoms with Gasteiger partial charge in [0.05, 0.1) is 0 Å². The van der Waals surface area contributed by atoms with Gasteiger partial charge in [-0.15, -0.1) is 0 Å². The highest BCUT2D eigenvalue weighted by Gasteiger charge is 2.43. The number of hydrogen-bond donors (Lipinski definition) is 2. The summed E-state index contributed by atoms with van der Waals surface area (Å²) in [4.78, 5) is 0. The average molecular weight is 198 g/mol. The van der Waals surface area contributed by atoms with Crippen LogP contribution in [0.4, 0.5) is 0 Å². The molecule has 0 bridgehead atoms. The lowest BCUT2D eigenvalue weighted by Gasteiger charge is -2.15. The van der Waals surface area contributed by atoms with Crippen molar-refractivity contribution < 1.29 is 5.11 Å². The molecule has 1 fully saturated rings. The molecule has 0 radical (unpaired) electrons. The quantitative estimate of drug-likeness (QED) is 0.726. The van der Waals surface area contributed by atoms with Gasteiger partial charge in [0.25, 0.3) is 0 Å². The van der Waals surface area contributed by atoms with E-state index in [9.17, 15) is 5.11 Å². The van der Waals surface area contributed by atoms with Crippen molar-refractivity contribution in [2.24, 2.45) is 5.73 Å². The number of halogens is 1. The van der Waals surface area contributed by atoms with E-state index in [2.05, 4.69) is 0 Å². The maximum atomic E-state index is 9.65. The van der Waals surface area contributed by atoms with Crippen LogP contribution in [0.1, 0.15) is 24.0 Å². The molecule has 0 heterocycles. The summed E-state index contributed by atoms with van der Waals surface area (Å²) in [7, 11) is 0. The van der Waals surface area contributed by atoms with Gasteiger partial charge >= 0.3 is 0 Å². The van der Waals surface area contributed by atoms with Crippen molar-refractivity contribution in [1.29, 1.82) is 0 Å². The number of aromatic hydroxyl groups is 1. The first-order valence-corrected chi connectivity index (χ1v) is 4.70. The van der Waals surface area contributed by atoms with Crippen molar-refractivity contribution in [2.75, 3.05) is 0 Å². The van der Waals surface area contributed by atoms with Gasteiger partial charge in [0.15, 0.2) is 0 Å². The fourth-order valence-electron chi connectivity index (χ4n) is 1.69. The highest BCUT2D eigenvalue weighted by Crippen LogP contribution is 2.48. The van der Waals surface area contributed by atoms with Gasteiger partial charge in [0.1, 0.15) is 5.75 Å². The molecule has 1 saturated carbocycles. The zero-order valence-electron chi connectivity index (χ0n) is 7.47. The van der Waals surface area contributed by atoms with Crippen LogP contribution in [0.2, 0.25) is 5.02 Å². The van der Waals surface area contributed by atoms with E-state index in [1.54, 1.807) is 12.1 Å². The monoisotopic (exact) mass is 197 g/mol. The highest BCUT2D eigenvalue weighted by atomic mass is 35.5. The van der Waals surface area contributed by atoms with Gasteiger partial charge < -0.3 is 10.8 Å². The Balaban J connectivity index is 2.61. The molecular formula is C10H12ClNO. The minimum Gasteiger partial charge on any atom is -0.508 e. The third-order valence-corrected chi connectivity index (χ3v) is 3.07. The third-order valence-electron chi connectivity index (χ3n) is 2.66. The molecule has 0 unspecified atom stereocenters. The van der Waals surface area contributed by atoms with E-state index in [1.807, 2.05) is 6.92 Å². The fraction of sp³-hybridized carbons (Fsp3) is 0.400. The second kappa shape index (κ2) is 2.63. The van der Waals surface area contributed by atoms with Crippen LogP contribution in [-0.4, -0.2) is 5.11 Å². The van der Waals surface area contributed by atoms with Gasteiger partial charge in [0, 0.05) is 16.1 Å². The molecule has 0 spiro atoms. The maximum absolute atomic E-state index is 9.65. The van der Waals surface area contributed by atoms with Crippen LogP contribution in [0, 0.1) is 6.92 Å². The van der Waals surface area contributed by atoms with E-state index in [0.717, 1.165) is 24.0 Å². The van der Waals surface area contributed by atoms with E-state index < -0.39 is 0 Å². The van der Waals surface area contributed by atoms with Crippen LogP contribution in [0.15, 0.2) is 12.1 Å². The summed E-state index contributed by atoms with van der Waals surface area (Å²) in [6.45, 7) is 1.89. The molecule has 70 valence electrons. The summed E-state index contributed by atoms with van der Waals surface area (Å²) in [5.74, 6) is 0.266. The Morgan fingerprint density at radius 2 is 2.08 bits per heavy atom. The molecule has 1 aliphatic rings. The van der Waals surface area contributed by atoms with E-state index >= 15 is 0 Å². The molecule has 2 rings (SSSR count). The van der Waals surface area contributed by atoms with Crippen LogP contribution in [0.3, 0.4) is 0 Å². The summed E-state index contributed by atoms with van der Waals surface area (Å²) in [5, 5.41) is 10.3. The van der Waals surface area contributed by atoms with Crippen LogP contribution in [0.25, 0.3) is 0 Å². The van der Waals surface area contributed by atoms with Gasteiger partial charge in [-0.3, -0.25) is 0 Å². The molecule has 0 amide bonds. The number of nitrogens with two attached hydrogens (primary N) is 1. The zero-order chi connectivity index (χ0) is 9.64. The summed E-state index contributed by atoms with van der Waals surface area (Å²) >= 11 is 5.95. The first-order chi connectivity index (χ1) is 6.04. The van der Waals surface area contributed by atoms with Crippen molar-refractivity contribution in [3.8, 4) is 5.75 Å². The van der Waals surface area contributed by atoms with E-state index in [0.29, 0.717) is 5.02 Å². The van der Waals surface area contributed by atoms with Gasteiger partial charge in [0.2, 0.25) is 0 Å². The van der Waals surface area contributed by atoms with Crippen LogP contribution < -0.4 is 5.73 Å². The lowest BCUT2D eigenvalue weighted by atomic mass is 9.99. The fourth-order valence-corrected chi connectivity index (χ4v) is 1.84. The number of benzene rings is 1. The van der Waals surface area contributed by atoms with Crippen LogP contribution >= 0.6 is 11.6 Å². The lowest BCUT2D eigenvalue weighted by molar-refractivity contribution is 0.459. The number of phenolic OH excluding ortho intramolecular Hbond substituents is 1. The van der Waals surface area contributed by atoms with Crippen molar-refractivity contribution in [3.63, 3.8) is 0 Å². The largest absolute Gasteiger partial charge is 0.508 e. The van der Waals surface area contributed by atoms with Crippen molar-refractivity contribution >= 4 is 11.6 Å². The highest BCUT2D eigenvalue weighted by molar-refractivity contribution is 6.31. The van der Waals surface area contributed by atoms with E-state index in [4.69, 9.17) is 17.3 Å². The minimum atomic E-state index is -0.320. The molecule has 3 heteroatoms. The van der Waals surface area contributed by atoms with Crippen LogP contribution in [-0.2, 0) is 5.54 Å². The molecule has 13 heavy (non-hydrogen) atoms. The van der Waals surface area contributed by atoms with Gasteiger partial charge in [-0.1, -0.05) is 11.6 Å². The van der Waals surface area contributed by atoms with Crippen molar-refractivity contribution in [3.05, 3.63) is 28.3 Å². The summed E-state index contributed by atoms with van der Waals surface area (Å²) in [5.41, 5.74) is 7.42. The second-order valence-electron chi connectivity index (χ2n) is 3.72. The molecule has 3 N–H and O–H groups in total. The van der Waals surface area contributed by atoms with Crippen LogP contribution in [0.5, 0.6) is 5.75 Å². The lowest BCUT2D eigenvalue weighted by Crippen LogP contribution is -2.20. The smallest absolute Gasteiger partial charge is 0.121 e. The predicted octanol–water partition coefficient (Wildman–Crippen LogP) is 2.30. The standard InChI is InChI=1S/C10H12ClNO/c1-6-7(11)2-3-8(13)9(6)10(12)4-5-10/h2-3,13H,4-5,12H2,1H3. The molecule has 1 aliphatic carbocycles. The molecule has 1 aromatic rings. The molecular weight excluding hydrogens is 186 g/mol. The topological polar surface area (TPSA) is 46.2 Å². The van der Waals surface area contributed by atoms with Crippen molar-refractivity contribution in [1.82, 2.24) is 0 Å². The molecule has 2 nitrogen and oxygen atoms in total. The summed E-state index contributed by atoms with van der Waals surface area (Å²) < 4.78 is 0. The first-order valence-electron chi connectivity index (χ1n) is 4.32. The average Bonchev–Trinajstić information content (AvgIpc) is 2.78. The minimum absolute atomic E-state index is 0.266. The Morgan fingerprint density at radius 3 is 2.62 bits per heavy atom. The van der Waals surface area contributed by atoms with Crippen molar-refractivity contribution in [2.45, 2.75) is 25.3 Å². The Bertz CT molecular complexity index is 358. The van der Waals surface area contributed by atoms with E-state index in [-0.39, 0.29) is 11.3 Å². The van der Waals surface area contributed by atoms with Gasteiger partial charge in [-0.05, 0) is 37.5 Å². The number of rotatable bonds is 1. The van der Waals surface area contributed by atoms with Gasteiger partial charge in [-0.2, -0.15) is 0 Å². The Labute approximate surface area is 82.3 Å². The molecule has 1 aromatic carbocycles. The zero-order valence-corrected chi connectivity index (χ0v) is 8.23. The normalized spacial score (nSPS) is 18.7. The Hall–Kier alpha value is -0.730. The Morgan fingerprint density at radius 1 is 1.46 bits per heavy atom. The molecule has 0 aromatic heterocycles. The SMILES string of the molecule is Cc1c(Cl)ccc(O)c1C1(N)CC1. The molecule has 0 atom stereocenters. The Kier molecular flexibility index (Phi) is 1.79. The number of hydrogen-bond acceptors (Lipinski definition) is 2. The molecule has 0 aliphatic heterocycles. The van der Waals surface area contributed by atoms with Gasteiger partial charge in [-0.25, -0.2) is 0 Å². The second-order valence-corrected chi connectivity index (χ2v) is 4.13.